The lowest BCUT2D eigenvalue weighted by molar-refractivity contribution is -0.153. The number of likely N-dealkylation sites (N-methyl/N-ethyl adjacent to an activating group) is 5. The Morgan fingerprint density at radius 1 is 0.558 bits per heavy atom. The van der Waals surface area contributed by atoms with Crippen molar-refractivity contribution >= 4 is 94.7 Å². The van der Waals surface area contributed by atoms with Crippen molar-refractivity contribution in [3.8, 4) is 0 Å². The number of benzene rings is 2. The summed E-state index contributed by atoms with van der Waals surface area (Å²) < 4.78 is 0.973. The van der Waals surface area contributed by atoms with E-state index in [4.69, 9.17) is 10.0 Å². The highest BCUT2D eigenvalue weighted by molar-refractivity contribution is 14.1. The maximum atomic E-state index is 14.7. The maximum absolute atomic E-state index is 14.7. The van der Waals surface area contributed by atoms with E-state index in [0.29, 0.717) is 13.1 Å². The van der Waals surface area contributed by atoms with Gasteiger partial charge in [-0.25, -0.2) is 0 Å². The van der Waals surface area contributed by atoms with Gasteiger partial charge in [0, 0.05) is 71.2 Å². The Morgan fingerprint density at radius 3 is 1.67 bits per heavy atom. The number of hydrogen-bond donors (Lipinski definition) is 8. The zero-order valence-electron chi connectivity index (χ0n) is 58.6. The van der Waals surface area contributed by atoms with Crippen LogP contribution in [0.3, 0.4) is 0 Å². The van der Waals surface area contributed by atoms with E-state index >= 15 is 0 Å². The lowest BCUT2D eigenvalue weighted by Crippen LogP contribution is -2.61. The molecule has 528 valence electrons. The molecule has 27 heteroatoms. The summed E-state index contributed by atoms with van der Waals surface area (Å²) in [5, 5.41) is 43.0. The van der Waals surface area contributed by atoms with Crippen molar-refractivity contribution in [1.29, 1.82) is 0 Å². The van der Waals surface area contributed by atoms with Crippen molar-refractivity contribution in [2.24, 2.45) is 23.7 Å². The fourth-order valence-electron chi connectivity index (χ4n) is 11.4. The first-order chi connectivity index (χ1) is 44.5. The first-order valence-electron chi connectivity index (χ1n) is 33.1. The molecule has 10 atom stereocenters. The second-order valence-electron chi connectivity index (χ2n) is 26.8. The van der Waals surface area contributed by atoms with Gasteiger partial charge < -0.3 is 71.1 Å². The van der Waals surface area contributed by atoms with E-state index in [-0.39, 0.29) is 68.6 Å². The van der Waals surface area contributed by atoms with Crippen molar-refractivity contribution in [3.63, 3.8) is 0 Å². The molecule has 0 unspecified atom stereocenters. The fraction of sp³-hybridized carbons (Fsp3) is 0.632. The predicted octanol–water partition coefficient (Wildman–Crippen LogP) is 2.84. The minimum Gasteiger partial charge on any atom is -0.424 e. The quantitative estimate of drug-likeness (QED) is 0.0360. The third-order valence-corrected chi connectivity index (χ3v) is 17.5. The average molecular weight is 1440 g/mol. The second kappa shape index (κ2) is 39.9. The van der Waals surface area contributed by atoms with E-state index in [1.54, 1.807) is 49.1 Å². The number of aliphatic hydroxyl groups is 1. The number of hydrogen-bond acceptors (Lipinski definition) is 14. The molecular formula is C68H107BIN11O14. The molecule has 2 aromatic carbocycles. The van der Waals surface area contributed by atoms with Crippen molar-refractivity contribution in [1.82, 2.24) is 56.0 Å². The molecule has 0 aliphatic carbocycles. The molecule has 1 fully saturated rings. The number of allylic oxidation sites excluding steroid dienone is 1. The van der Waals surface area contributed by atoms with Crippen LogP contribution in [0.2, 0.25) is 0 Å². The van der Waals surface area contributed by atoms with Crippen LogP contribution in [-0.2, 0) is 65.6 Å². The highest BCUT2D eigenvalue weighted by Crippen LogP contribution is 2.22. The summed E-state index contributed by atoms with van der Waals surface area (Å²) in [6.45, 7) is 19.3. The van der Waals surface area contributed by atoms with E-state index in [9.17, 15) is 57.8 Å². The van der Waals surface area contributed by atoms with Gasteiger partial charge in [0.2, 0.25) is 65.0 Å². The third-order valence-electron chi connectivity index (χ3n) is 16.8. The average Bonchev–Trinajstić information content (AvgIpc) is 0.853. The van der Waals surface area contributed by atoms with Crippen molar-refractivity contribution in [3.05, 3.63) is 81.3 Å². The number of rotatable bonds is 36. The first-order valence-corrected chi connectivity index (χ1v) is 34.1. The summed E-state index contributed by atoms with van der Waals surface area (Å²) in [5.41, 5.74) is 1.60. The summed E-state index contributed by atoms with van der Waals surface area (Å²) in [7, 11) is 5.22. The molecule has 0 bridgehead atoms. The summed E-state index contributed by atoms with van der Waals surface area (Å²) in [5.74, 6) is -6.61. The molecule has 1 heterocycles. The Balaban J connectivity index is 1.75. The van der Waals surface area contributed by atoms with Crippen LogP contribution < -0.4 is 26.6 Å². The standard InChI is InChI=1S/C68H107BIN11O14/c1-41(2)34-51(61(86)74-53(39-49-28-25-29-50(70)37-49)65(90)81-32-23-18-24-33-81)73-62(87)54(35-42(3)4)78(14)63(88)45(9)71-60(85)46(10)77(13)67(92)58(47(11)82)75-57(84)40-76(12)68(93)59(44(7)8)80(16)66(91)55(36-43(5)6)79(15)64(89)52(38-48-26-19-17-20-27-48)72-56(83)30-21-22-31-69(94)95/h17,19-20,22,25-29,31,37,41-47,51-55,58-59,82,94-95H,18,21,23-24,30,32-36,38-40H2,1-16H3,(H,71,85)(H,72,83)(H,73,87)(H,74,86)(H,75,84)/t45-,46-,47+,51-,52-,53-,54-,55-,58-,59-/m0/s1. The van der Waals surface area contributed by atoms with Gasteiger partial charge in [0.1, 0.15) is 54.4 Å². The molecule has 95 heavy (non-hydrogen) atoms. The Bertz CT molecular complexity index is 2930. The molecule has 11 amide bonds. The summed E-state index contributed by atoms with van der Waals surface area (Å²) in [4.78, 5) is 163. The Morgan fingerprint density at radius 2 is 1.12 bits per heavy atom. The van der Waals surface area contributed by atoms with E-state index < -0.39 is 139 Å². The van der Waals surface area contributed by atoms with Gasteiger partial charge in [-0.1, -0.05) is 110 Å². The monoisotopic (exact) mass is 1440 g/mol. The molecule has 0 spiro atoms. The molecule has 0 aromatic heterocycles. The van der Waals surface area contributed by atoms with Gasteiger partial charge in [-0.3, -0.25) is 52.7 Å². The van der Waals surface area contributed by atoms with Crippen LogP contribution in [0.15, 0.2) is 66.6 Å². The molecule has 1 aliphatic heterocycles. The molecule has 8 N–H and O–H groups in total. The maximum Gasteiger partial charge on any atom is 0.480 e. The molecule has 2 aromatic rings. The zero-order chi connectivity index (χ0) is 71.7. The minimum atomic E-state index is -1.69. The number of piperidine rings is 1. The summed E-state index contributed by atoms with van der Waals surface area (Å²) in [6, 6.07) is 6.00. The zero-order valence-corrected chi connectivity index (χ0v) is 60.8. The van der Waals surface area contributed by atoms with E-state index in [1.807, 2.05) is 65.8 Å². The van der Waals surface area contributed by atoms with Crippen molar-refractivity contribution in [2.45, 2.75) is 201 Å². The van der Waals surface area contributed by atoms with Gasteiger partial charge >= 0.3 is 7.12 Å². The minimum absolute atomic E-state index is 0.0678. The number of nitrogens with one attached hydrogen (secondary N) is 5. The molecule has 1 aliphatic rings. The highest BCUT2D eigenvalue weighted by Gasteiger charge is 2.42. The number of likely N-dealkylation sites (tertiary alicyclic amines) is 1. The van der Waals surface area contributed by atoms with Gasteiger partial charge in [0.15, 0.2) is 0 Å². The number of aliphatic hydroxyl groups excluding tert-OH is 1. The Kier molecular flexibility index (Phi) is 34.6. The number of nitrogens with zero attached hydrogens (tertiary/aromatic N) is 6. The summed E-state index contributed by atoms with van der Waals surface area (Å²) >= 11 is 2.20. The Hall–Kier alpha value is -6.98. The van der Waals surface area contributed by atoms with Crippen LogP contribution in [0, 0.1) is 27.2 Å². The molecule has 1 saturated heterocycles. The molecular weight excluding hydrogens is 1330 g/mol. The summed E-state index contributed by atoms with van der Waals surface area (Å²) in [6.07, 6.45) is 3.62. The smallest absolute Gasteiger partial charge is 0.424 e. The largest absolute Gasteiger partial charge is 0.480 e. The van der Waals surface area contributed by atoms with E-state index in [1.165, 1.54) is 76.8 Å². The van der Waals surface area contributed by atoms with Crippen LogP contribution >= 0.6 is 22.6 Å². The number of amides is 11. The van der Waals surface area contributed by atoms with Gasteiger partial charge in [0.05, 0.1) is 12.6 Å². The van der Waals surface area contributed by atoms with Crippen LogP contribution in [0.5, 0.6) is 0 Å². The highest BCUT2D eigenvalue weighted by atomic mass is 127. The first kappa shape index (κ1) is 82.3. The second-order valence-corrected chi connectivity index (χ2v) is 28.1. The van der Waals surface area contributed by atoms with Crippen LogP contribution in [0.4, 0.5) is 0 Å². The normalized spacial score (nSPS) is 15.6. The lowest BCUT2D eigenvalue weighted by atomic mass is 9.91. The molecule has 3 rings (SSSR count). The van der Waals surface area contributed by atoms with E-state index in [2.05, 4.69) is 49.2 Å². The topological polar surface area (TPSA) is 328 Å². The molecule has 0 saturated carbocycles. The SMILES string of the molecule is CC(C)C[C@H](NC(=O)[C@H](CC(C)C)N(C)C(=O)[C@H](C)NC(=O)[C@H](C)N(C)C(=O)[C@@H](NC(=O)CN(C)C(=O)[C@H](C(C)C)N(C)C(=O)[C@H](CC(C)C)N(C)C(=O)[C@H](Cc1ccccc1)NC(=O)CCC=CB(O)O)[C@@H](C)O)C(=O)N[C@@H](Cc1cccc(I)c1)C(=O)N1CCCCC1. The van der Waals surface area contributed by atoms with E-state index in [0.717, 1.165) is 49.7 Å². The number of carbonyl (C=O) groups is 11. The lowest BCUT2D eigenvalue weighted by Gasteiger charge is -2.38. The fourth-order valence-corrected chi connectivity index (χ4v) is 12.0. The van der Waals surface area contributed by atoms with Gasteiger partial charge in [-0.2, -0.15) is 0 Å². The third kappa shape index (κ3) is 26.5. The number of halogens is 1. The van der Waals surface area contributed by atoms with Gasteiger partial charge in [-0.15, -0.1) is 0 Å². The van der Waals surface area contributed by atoms with Crippen LogP contribution in [-0.4, -0.2) is 232 Å². The molecule has 25 nitrogen and oxygen atoms in total. The predicted molar refractivity (Wildman–Crippen MR) is 372 cm³/mol. The van der Waals surface area contributed by atoms with Crippen molar-refractivity contribution < 1.29 is 67.9 Å². The van der Waals surface area contributed by atoms with Crippen LogP contribution in [0.1, 0.15) is 139 Å². The van der Waals surface area contributed by atoms with Gasteiger partial charge in [0.25, 0.3) is 0 Å². The number of carbonyl (C=O) groups excluding carboxylic acids is 11. The van der Waals surface area contributed by atoms with Gasteiger partial charge in [-0.05, 0) is 135 Å². The molecule has 0 radical (unpaired) electrons. The van der Waals surface area contributed by atoms with Crippen molar-refractivity contribution in [2.75, 3.05) is 54.9 Å². The Labute approximate surface area is 576 Å². The van der Waals surface area contributed by atoms with Crippen LogP contribution in [0.25, 0.3) is 0 Å².